The zero-order valence-electron chi connectivity index (χ0n) is 9.60. The molecule has 1 aromatic heterocycles. The van der Waals surface area contributed by atoms with Gasteiger partial charge in [-0.1, -0.05) is 12.1 Å². The van der Waals surface area contributed by atoms with E-state index >= 15 is 0 Å². The van der Waals surface area contributed by atoms with E-state index in [2.05, 4.69) is 15.2 Å². The van der Waals surface area contributed by atoms with Crippen molar-refractivity contribution in [3.8, 4) is 0 Å². The fourth-order valence-electron chi connectivity index (χ4n) is 2.93. The topological polar surface area (TPSA) is 41.3 Å². The van der Waals surface area contributed by atoms with Crippen LogP contribution in [-0.2, 0) is 0 Å². The predicted octanol–water partition coefficient (Wildman–Crippen LogP) is 1.63. The van der Waals surface area contributed by atoms with E-state index in [-0.39, 0.29) is 0 Å². The summed E-state index contributed by atoms with van der Waals surface area (Å²) in [6, 6.07) is 9.32. The first-order chi connectivity index (χ1) is 8.42. The minimum absolute atomic E-state index is 0.580. The van der Waals surface area contributed by atoms with Crippen LogP contribution in [0.15, 0.2) is 28.7 Å². The SMILES string of the molecule is c1ccc2oc(N3CC4CCNCC43)nc2c1. The number of nitrogens with zero attached hydrogens (tertiary/aromatic N) is 2. The Bertz CT molecular complexity index is 517. The number of piperidine rings is 1. The third-order valence-corrected chi connectivity index (χ3v) is 3.95. The number of aromatic nitrogens is 1. The lowest BCUT2D eigenvalue weighted by atomic mass is 9.83. The van der Waals surface area contributed by atoms with Crippen LogP contribution in [0.25, 0.3) is 11.1 Å². The Balaban J connectivity index is 1.66. The second-order valence-corrected chi connectivity index (χ2v) is 4.94. The number of hydrogen-bond donors (Lipinski definition) is 1. The van der Waals surface area contributed by atoms with E-state index in [0.29, 0.717) is 6.04 Å². The highest BCUT2D eigenvalue weighted by Gasteiger charge is 2.42. The van der Waals surface area contributed by atoms with E-state index < -0.39 is 0 Å². The van der Waals surface area contributed by atoms with Gasteiger partial charge in [0.05, 0.1) is 6.04 Å². The van der Waals surface area contributed by atoms with Crippen molar-refractivity contribution in [3.05, 3.63) is 24.3 Å². The third-order valence-electron chi connectivity index (χ3n) is 3.95. The molecule has 0 spiro atoms. The number of benzene rings is 1. The molecule has 0 bridgehead atoms. The van der Waals surface area contributed by atoms with Crippen molar-refractivity contribution < 1.29 is 4.42 Å². The third kappa shape index (κ3) is 1.37. The van der Waals surface area contributed by atoms with Crippen LogP contribution < -0.4 is 10.2 Å². The minimum atomic E-state index is 0.580. The molecule has 2 aliphatic rings. The lowest BCUT2D eigenvalue weighted by Crippen LogP contribution is -2.63. The Morgan fingerprint density at radius 2 is 2.29 bits per heavy atom. The van der Waals surface area contributed by atoms with Gasteiger partial charge >= 0.3 is 0 Å². The van der Waals surface area contributed by atoms with Crippen LogP contribution in [0.4, 0.5) is 6.01 Å². The van der Waals surface area contributed by atoms with Gasteiger partial charge in [0.15, 0.2) is 5.58 Å². The summed E-state index contributed by atoms with van der Waals surface area (Å²) < 4.78 is 5.81. The fraction of sp³-hybridized carbons (Fsp3) is 0.462. The number of para-hydroxylation sites is 2. The lowest BCUT2D eigenvalue weighted by Gasteiger charge is -2.50. The molecule has 2 aliphatic heterocycles. The summed E-state index contributed by atoms with van der Waals surface area (Å²) in [7, 11) is 0. The Labute approximate surface area is 99.6 Å². The van der Waals surface area contributed by atoms with Crippen LogP contribution in [0.5, 0.6) is 0 Å². The molecule has 4 nitrogen and oxygen atoms in total. The maximum atomic E-state index is 5.81. The van der Waals surface area contributed by atoms with Crippen molar-refractivity contribution >= 4 is 17.1 Å². The zero-order valence-corrected chi connectivity index (χ0v) is 9.60. The van der Waals surface area contributed by atoms with Crippen LogP contribution in [0.2, 0.25) is 0 Å². The molecular formula is C13H15N3O. The highest BCUT2D eigenvalue weighted by molar-refractivity contribution is 5.74. The van der Waals surface area contributed by atoms with Gasteiger partial charge in [-0.25, -0.2) is 0 Å². The van der Waals surface area contributed by atoms with Crippen LogP contribution in [-0.4, -0.2) is 30.7 Å². The number of oxazole rings is 1. The van der Waals surface area contributed by atoms with Crippen molar-refractivity contribution in [2.24, 2.45) is 5.92 Å². The van der Waals surface area contributed by atoms with Gasteiger partial charge in [-0.05, 0) is 31.0 Å². The summed E-state index contributed by atoms with van der Waals surface area (Å²) in [6.07, 6.45) is 1.28. The van der Waals surface area contributed by atoms with Crippen molar-refractivity contribution in [1.82, 2.24) is 10.3 Å². The number of rotatable bonds is 1. The standard InChI is InChI=1S/C13H15N3O/c1-2-4-12-10(3-1)15-13(17-12)16-8-9-5-6-14-7-11(9)16/h1-4,9,11,14H,5-8H2. The molecule has 0 aliphatic carbocycles. The predicted molar refractivity (Wildman–Crippen MR) is 66.1 cm³/mol. The highest BCUT2D eigenvalue weighted by atomic mass is 16.4. The van der Waals surface area contributed by atoms with Gasteiger partial charge in [-0.15, -0.1) is 0 Å². The van der Waals surface area contributed by atoms with Crippen molar-refractivity contribution in [1.29, 1.82) is 0 Å². The maximum Gasteiger partial charge on any atom is 0.298 e. The van der Waals surface area contributed by atoms with Crippen molar-refractivity contribution in [3.63, 3.8) is 0 Å². The monoisotopic (exact) mass is 229 g/mol. The molecule has 2 aromatic rings. The number of nitrogens with one attached hydrogen (secondary N) is 1. The molecule has 2 fully saturated rings. The van der Waals surface area contributed by atoms with Crippen molar-refractivity contribution in [2.45, 2.75) is 12.5 Å². The second kappa shape index (κ2) is 3.47. The van der Waals surface area contributed by atoms with E-state index in [1.54, 1.807) is 0 Å². The summed E-state index contributed by atoms with van der Waals surface area (Å²) >= 11 is 0. The molecule has 0 amide bonds. The normalized spacial score (nSPS) is 27.9. The summed E-state index contributed by atoms with van der Waals surface area (Å²) in [6.45, 7) is 3.31. The minimum Gasteiger partial charge on any atom is -0.423 e. The number of fused-ring (bicyclic) bond motifs is 2. The van der Waals surface area contributed by atoms with Crippen LogP contribution in [0.3, 0.4) is 0 Å². The van der Waals surface area contributed by atoms with E-state index in [1.807, 2.05) is 24.3 Å². The van der Waals surface area contributed by atoms with E-state index in [4.69, 9.17) is 4.42 Å². The molecule has 1 aromatic carbocycles. The Morgan fingerprint density at radius 1 is 1.35 bits per heavy atom. The van der Waals surface area contributed by atoms with Crippen LogP contribution in [0, 0.1) is 5.92 Å². The number of anilines is 1. The van der Waals surface area contributed by atoms with Gasteiger partial charge < -0.3 is 14.6 Å². The van der Waals surface area contributed by atoms with Gasteiger partial charge in [-0.2, -0.15) is 4.98 Å². The molecule has 0 saturated carbocycles. The molecule has 2 saturated heterocycles. The molecule has 88 valence electrons. The molecule has 0 radical (unpaired) electrons. The van der Waals surface area contributed by atoms with Gasteiger partial charge in [-0.3, -0.25) is 0 Å². The quantitative estimate of drug-likeness (QED) is 0.807. The van der Waals surface area contributed by atoms with E-state index in [0.717, 1.165) is 42.7 Å². The first-order valence-corrected chi connectivity index (χ1v) is 6.25. The van der Waals surface area contributed by atoms with Gasteiger partial charge in [0.2, 0.25) is 0 Å². The summed E-state index contributed by atoms with van der Waals surface area (Å²) in [5.74, 6) is 0.825. The smallest absolute Gasteiger partial charge is 0.298 e. The number of hydrogen-bond acceptors (Lipinski definition) is 4. The van der Waals surface area contributed by atoms with Gasteiger partial charge in [0.1, 0.15) is 5.52 Å². The lowest BCUT2D eigenvalue weighted by molar-refractivity contribution is 0.217. The maximum absolute atomic E-state index is 5.81. The second-order valence-electron chi connectivity index (χ2n) is 4.94. The molecule has 3 heterocycles. The molecular weight excluding hydrogens is 214 g/mol. The zero-order chi connectivity index (χ0) is 11.2. The first kappa shape index (κ1) is 9.48. The summed E-state index contributed by atoms with van der Waals surface area (Å²) in [5.41, 5.74) is 1.84. The average Bonchev–Trinajstić information content (AvgIpc) is 2.73. The summed E-state index contributed by atoms with van der Waals surface area (Å²) in [4.78, 5) is 6.85. The summed E-state index contributed by atoms with van der Waals surface area (Å²) in [5, 5.41) is 3.44. The Morgan fingerprint density at radius 3 is 3.18 bits per heavy atom. The average molecular weight is 229 g/mol. The van der Waals surface area contributed by atoms with Crippen LogP contribution >= 0.6 is 0 Å². The largest absolute Gasteiger partial charge is 0.423 e. The molecule has 2 unspecified atom stereocenters. The molecule has 17 heavy (non-hydrogen) atoms. The van der Waals surface area contributed by atoms with Gasteiger partial charge in [0.25, 0.3) is 6.01 Å². The van der Waals surface area contributed by atoms with Crippen LogP contribution in [0.1, 0.15) is 6.42 Å². The molecule has 4 heteroatoms. The molecule has 4 rings (SSSR count). The Kier molecular flexibility index (Phi) is 1.93. The molecule has 1 N–H and O–H groups in total. The Hall–Kier alpha value is -1.55. The van der Waals surface area contributed by atoms with E-state index in [1.165, 1.54) is 6.42 Å². The molecule has 2 atom stereocenters. The first-order valence-electron chi connectivity index (χ1n) is 6.25. The fourth-order valence-corrected chi connectivity index (χ4v) is 2.93. The van der Waals surface area contributed by atoms with Crippen molar-refractivity contribution in [2.75, 3.05) is 24.5 Å². The van der Waals surface area contributed by atoms with Gasteiger partial charge in [0, 0.05) is 13.1 Å². The highest BCUT2D eigenvalue weighted by Crippen LogP contribution is 2.35. The van der Waals surface area contributed by atoms with E-state index in [9.17, 15) is 0 Å².